The lowest BCUT2D eigenvalue weighted by molar-refractivity contribution is -0.121. The van der Waals surface area contributed by atoms with Gasteiger partial charge in [-0.05, 0) is 18.6 Å². The second-order valence-electron chi connectivity index (χ2n) is 4.70. The molecule has 3 aromatic rings. The van der Waals surface area contributed by atoms with Gasteiger partial charge in [-0.1, -0.05) is 18.2 Å². The summed E-state index contributed by atoms with van der Waals surface area (Å²) in [6.45, 7) is 1.87. The van der Waals surface area contributed by atoms with E-state index in [2.05, 4.69) is 25.5 Å². The van der Waals surface area contributed by atoms with Gasteiger partial charge in [-0.2, -0.15) is 5.10 Å². The Morgan fingerprint density at radius 1 is 1.40 bits per heavy atom. The summed E-state index contributed by atoms with van der Waals surface area (Å²) in [5, 5.41) is 10.5. The molecule has 0 radical (unpaired) electrons. The number of benzene rings is 1. The Balaban J connectivity index is 1.70. The minimum absolute atomic E-state index is 0.0429. The van der Waals surface area contributed by atoms with E-state index in [1.54, 1.807) is 0 Å². The van der Waals surface area contributed by atoms with Crippen molar-refractivity contribution in [2.24, 2.45) is 0 Å². The van der Waals surface area contributed by atoms with Crippen LogP contribution in [0.4, 0.5) is 0 Å². The summed E-state index contributed by atoms with van der Waals surface area (Å²) in [4.78, 5) is 19.3. The van der Waals surface area contributed by atoms with Crippen molar-refractivity contribution in [1.82, 2.24) is 25.5 Å². The highest BCUT2D eigenvalue weighted by atomic mass is 16.1. The zero-order valence-corrected chi connectivity index (χ0v) is 11.1. The minimum Gasteiger partial charge on any atom is -0.361 e. The zero-order chi connectivity index (χ0) is 13.9. The smallest absolute Gasteiger partial charge is 0.225 e. The van der Waals surface area contributed by atoms with Gasteiger partial charge in [0.15, 0.2) is 0 Å². The van der Waals surface area contributed by atoms with Gasteiger partial charge in [0.2, 0.25) is 5.91 Å². The van der Waals surface area contributed by atoms with E-state index in [9.17, 15) is 4.79 Å². The molecule has 102 valence electrons. The van der Waals surface area contributed by atoms with Crippen molar-refractivity contribution < 1.29 is 4.79 Å². The largest absolute Gasteiger partial charge is 0.361 e. The molecule has 0 saturated carbocycles. The standard InChI is InChI=1S/C14H15N5O/c1-9(14-16-8-17-19-14)18-13(20)6-10-7-15-12-5-3-2-4-11(10)12/h2-5,7-9,15H,6H2,1H3,(H,18,20)(H,16,17,19). The Morgan fingerprint density at radius 3 is 3.05 bits per heavy atom. The molecule has 0 bridgehead atoms. The number of nitrogens with zero attached hydrogens (tertiary/aromatic N) is 2. The summed E-state index contributed by atoms with van der Waals surface area (Å²) in [5.74, 6) is 0.607. The van der Waals surface area contributed by atoms with Crippen LogP contribution in [0.1, 0.15) is 24.4 Å². The SMILES string of the molecule is CC(NC(=O)Cc1c[nH]c2ccccc12)c1ncn[nH]1. The average Bonchev–Trinajstić information content (AvgIpc) is 3.09. The summed E-state index contributed by atoms with van der Waals surface area (Å²) >= 11 is 0. The summed E-state index contributed by atoms with van der Waals surface area (Å²) < 4.78 is 0. The molecule has 3 N–H and O–H groups in total. The lowest BCUT2D eigenvalue weighted by Gasteiger charge is -2.10. The molecule has 1 amide bonds. The fourth-order valence-electron chi connectivity index (χ4n) is 2.24. The van der Waals surface area contributed by atoms with Crippen LogP contribution < -0.4 is 5.32 Å². The first-order chi connectivity index (χ1) is 9.74. The second kappa shape index (κ2) is 5.16. The predicted octanol–water partition coefficient (Wildman–Crippen LogP) is 1.71. The molecule has 0 saturated heterocycles. The first-order valence-corrected chi connectivity index (χ1v) is 6.43. The Hall–Kier alpha value is -2.63. The number of H-pyrrole nitrogens is 2. The summed E-state index contributed by atoms with van der Waals surface area (Å²) in [5.41, 5.74) is 2.03. The van der Waals surface area contributed by atoms with Crippen molar-refractivity contribution in [3.63, 3.8) is 0 Å². The van der Waals surface area contributed by atoms with E-state index in [-0.39, 0.29) is 11.9 Å². The van der Waals surface area contributed by atoms with Gasteiger partial charge in [0, 0.05) is 17.1 Å². The number of hydrogen-bond acceptors (Lipinski definition) is 3. The highest BCUT2D eigenvalue weighted by Crippen LogP contribution is 2.18. The summed E-state index contributed by atoms with van der Waals surface area (Å²) in [6, 6.07) is 7.75. The number of carbonyl (C=O) groups is 1. The van der Waals surface area contributed by atoms with Crippen molar-refractivity contribution in [3.05, 3.63) is 48.2 Å². The molecule has 1 aromatic carbocycles. The van der Waals surface area contributed by atoms with Crippen LogP contribution in [0.2, 0.25) is 0 Å². The van der Waals surface area contributed by atoms with Crippen LogP contribution in [0.3, 0.4) is 0 Å². The Morgan fingerprint density at radius 2 is 2.25 bits per heavy atom. The molecule has 0 fully saturated rings. The number of aromatic amines is 2. The quantitative estimate of drug-likeness (QED) is 0.674. The molecule has 6 heteroatoms. The monoisotopic (exact) mass is 269 g/mol. The third-order valence-electron chi connectivity index (χ3n) is 3.25. The number of rotatable bonds is 4. The van der Waals surface area contributed by atoms with Gasteiger partial charge < -0.3 is 10.3 Å². The number of hydrogen-bond donors (Lipinski definition) is 3. The molecule has 1 unspecified atom stereocenters. The van der Waals surface area contributed by atoms with Crippen LogP contribution in [0.25, 0.3) is 10.9 Å². The normalized spacial score (nSPS) is 12.4. The fourth-order valence-corrected chi connectivity index (χ4v) is 2.24. The molecule has 20 heavy (non-hydrogen) atoms. The third-order valence-corrected chi connectivity index (χ3v) is 3.25. The molecule has 0 aliphatic heterocycles. The van der Waals surface area contributed by atoms with Crippen molar-refractivity contribution in [3.8, 4) is 0 Å². The number of nitrogens with one attached hydrogen (secondary N) is 3. The average molecular weight is 269 g/mol. The summed E-state index contributed by atoms with van der Waals surface area (Å²) in [6.07, 6.45) is 3.64. The molecule has 2 aromatic heterocycles. The predicted molar refractivity (Wildman–Crippen MR) is 74.9 cm³/mol. The number of aromatic nitrogens is 4. The molecule has 6 nitrogen and oxygen atoms in total. The number of carbonyl (C=O) groups excluding carboxylic acids is 1. The van der Waals surface area contributed by atoms with Gasteiger partial charge >= 0.3 is 0 Å². The van der Waals surface area contributed by atoms with Crippen LogP contribution in [-0.2, 0) is 11.2 Å². The van der Waals surface area contributed by atoms with E-state index in [1.165, 1.54) is 6.33 Å². The van der Waals surface area contributed by atoms with Crippen molar-refractivity contribution in [2.75, 3.05) is 0 Å². The van der Waals surface area contributed by atoms with Gasteiger partial charge in [0.25, 0.3) is 0 Å². The van der Waals surface area contributed by atoms with E-state index >= 15 is 0 Å². The Kier molecular flexibility index (Phi) is 3.20. The molecule has 1 atom stereocenters. The van der Waals surface area contributed by atoms with E-state index in [0.29, 0.717) is 12.2 Å². The third kappa shape index (κ3) is 2.40. The number of fused-ring (bicyclic) bond motifs is 1. The van der Waals surface area contributed by atoms with Crippen molar-refractivity contribution in [2.45, 2.75) is 19.4 Å². The second-order valence-corrected chi connectivity index (χ2v) is 4.70. The number of para-hydroxylation sites is 1. The Labute approximate surface area is 115 Å². The highest BCUT2D eigenvalue weighted by Gasteiger charge is 2.13. The minimum atomic E-state index is -0.185. The first kappa shape index (κ1) is 12.4. The van der Waals surface area contributed by atoms with E-state index in [4.69, 9.17) is 0 Å². The van der Waals surface area contributed by atoms with Crippen LogP contribution in [-0.4, -0.2) is 26.1 Å². The maximum atomic E-state index is 12.1. The van der Waals surface area contributed by atoms with Crippen molar-refractivity contribution >= 4 is 16.8 Å². The lowest BCUT2D eigenvalue weighted by atomic mass is 10.1. The lowest BCUT2D eigenvalue weighted by Crippen LogP contribution is -2.28. The van der Waals surface area contributed by atoms with E-state index in [1.807, 2.05) is 37.4 Å². The first-order valence-electron chi connectivity index (χ1n) is 6.43. The maximum Gasteiger partial charge on any atom is 0.225 e. The van der Waals surface area contributed by atoms with E-state index in [0.717, 1.165) is 16.5 Å². The molecular formula is C14H15N5O. The van der Waals surface area contributed by atoms with Crippen LogP contribution >= 0.6 is 0 Å². The molecule has 0 aliphatic carbocycles. The summed E-state index contributed by atoms with van der Waals surface area (Å²) in [7, 11) is 0. The van der Waals surface area contributed by atoms with Gasteiger partial charge in [-0.25, -0.2) is 4.98 Å². The van der Waals surface area contributed by atoms with Gasteiger partial charge in [0.05, 0.1) is 12.5 Å². The molecule has 2 heterocycles. The van der Waals surface area contributed by atoms with E-state index < -0.39 is 0 Å². The number of amides is 1. The van der Waals surface area contributed by atoms with Gasteiger partial charge in [-0.15, -0.1) is 0 Å². The highest BCUT2D eigenvalue weighted by molar-refractivity contribution is 5.88. The zero-order valence-electron chi connectivity index (χ0n) is 11.1. The topological polar surface area (TPSA) is 86.5 Å². The van der Waals surface area contributed by atoms with Crippen molar-refractivity contribution in [1.29, 1.82) is 0 Å². The van der Waals surface area contributed by atoms with Gasteiger partial charge in [0.1, 0.15) is 12.2 Å². The molecule has 3 rings (SSSR count). The van der Waals surface area contributed by atoms with Crippen LogP contribution in [0.5, 0.6) is 0 Å². The Bertz CT molecular complexity index is 716. The molecule has 0 spiro atoms. The maximum absolute atomic E-state index is 12.1. The molecular weight excluding hydrogens is 254 g/mol. The fraction of sp³-hybridized carbons (Fsp3) is 0.214. The van der Waals surface area contributed by atoms with Crippen LogP contribution in [0, 0.1) is 0 Å². The van der Waals surface area contributed by atoms with Crippen LogP contribution in [0.15, 0.2) is 36.8 Å². The van der Waals surface area contributed by atoms with Gasteiger partial charge in [-0.3, -0.25) is 9.89 Å². The molecule has 0 aliphatic rings.